The van der Waals surface area contributed by atoms with Crippen molar-refractivity contribution >= 4 is 5.91 Å². The van der Waals surface area contributed by atoms with E-state index in [1.165, 1.54) is 0 Å². The molecule has 0 spiro atoms. The summed E-state index contributed by atoms with van der Waals surface area (Å²) in [6.07, 6.45) is 4.29. The van der Waals surface area contributed by atoms with Gasteiger partial charge in [0.15, 0.2) is 0 Å². The van der Waals surface area contributed by atoms with Gasteiger partial charge in [0.25, 0.3) is 11.7 Å². The van der Waals surface area contributed by atoms with Gasteiger partial charge in [-0.3, -0.25) is 4.79 Å². The SMILES string of the molecule is CC1(C)CCCN(C(=O)c2noc(C3CCCN3)n2)C1. The second kappa shape index (κ2) is 5.16. The molecule has 0 bridgehead atoms. The van der Waals surface area contributed by atoms with Crippen LogP contribution in [0.4, 0.5) is 0 Å². The van der Waals surface area contributed by atoms with Gasteiger partial charge in [-0.2, -0.15) is 4.98 Å². The maximum Gasteiger partial charge on any atom is 0.295 e. The van der Waals surface area contributed by atoms with Gasteiger partial charge in [-0.1, -0.05) is 19.0 Å². The largest absolute Gasteiger partial charge is 0.337 e. The summed E-state index contributed by atoms with van der Waals surface area (Å²) < 4.78 is 5.24. The van der Waals surface area contributed by atoms with Crippen LogP contribution in [0.15, 0.2) is 4.52 Å². The van der Waals surface area contributed by atoms with Crippen molar-refractivity contribution in [3.8, 4) is 0 Å². The number of carbonyl (C=O) groups excluding carboxylic acids is 1. The van der Waals surface area contributed by atoms with E-state index >= 15 is 0 Å². The van der Waals surface area contributed by atoms with Gasteiger partial charge in [0.2, 0.25) is 5.89 Å². The number of piperidine rings is 1. The fraction of sp³-hybridized carbons (Fsp3) is 0.786. The van der Waals surface area contributed by atoms with Crippen LogP contribution in [-0.4, -0.2) is 40.6 Å². The molecular formula is C14H22N4O2. The van der Waals surface area contributed by atoms with E-state index in [1.54, 1.807) is 0 Å². The summed E-state index contributed by atoms with van der Waals surface area (Å²) in [5.74, 6) is 0.638. The van der Waals surface area contributed by atoms with Gasteiger partial charge in [-0.25, -0.2) is 0 Å². The molecule has 1 atom stereocenters. The van der Waals surface area contributed by atoms with Gasteiger partial charge in [0, 0.05) is 13.1 Å². The van der Waals surface area contributed by atoms with Crippen molar-refractivity contribution in [2.75, 3.05) is 19.6 Å². The monoisotopic (exact) mass is 278 g/mol. The lowest BCUT2D eigenvalue weighted by Gasteiger charge is -2.37. The van der Waals surface area contributed by atoms with Crippen LogP contribution in [0.5, 0.6) is 0 Å². The quantitative estimate of drug-likeness (QED) is 0.892. The fourth-order valence-electron chi connectivity index (χ4n) is 3.10. The Kier molecular flexibility index (Phi) is 3.50. The molecule has 1 aromatic rings. The Labute approximate surface area is 118 Å². The van der Waals surface area contributed by atoms with E-state index in [2.05, 4.69) is 29.3 Å². The molecule has 2 aliphatic heterocycles. The second-order valence-corrected chi connectivity index (χ2v) is 6.60. The lowest BCUT2D eigenvalue weighted by atomic mass is 9.84. The summed E-state index contributed by atoms with van der Waals surface area (Å²) in [7, 11) is 0. The number of aromatic nitrogens is 2. The molecule has 2 saturated heterocycles. The molecule has 3 rings (SSSR count). The van der Waals surface area contributed by atoms with Crippen molar-refractivity contribution in [3.05, 3.63) is 11.7 Å². The van der Waals surface area contributed by atoms with Gasteiger partial charge < -0.3 is 14.7 Å². The highest BCUT2D eigenvalue weighted by atomic mass is 16.5. The standard InChI is InChI=1S/C14H22N4O2/c1-14(2)6-4-8-18(9-14)13(19)11-16-12(20-17-11)10-5-3-7-15-10/h10,15H,3-9H2,1-2H3. The molecule has 6 nitrogen and oxygen atoms in total. The molecule has 1 unspecified atom stereocenters. The van der Waals surface area contributed by atoms with Crippen molar-refractivity contribution in [1.82, 2.24) is 20.4 Å². The Morgan fingerprint density at radius 2 is 2.30 bits per heavy atom. The average Bonchev–Trinajstić information content (AvgIpc) is 3.07. The minimum Gasteiger partial charge on any atom is -0.337 e. The average molecular weight is 278 g/mol. The number of carbonyl (C=O) groups is 1. The predicted octanol–water partition coefficient (Wildman–Crippen LogP) is 1.76. The number of amides is 1. The van der Waals surface area contributed by atoms with Gasteiger partial charge in [-0.05, 0) is 37.6 Å². The number of hydrogen-bond acceptors (Lipinski definition) is 5. The van der Waals surface area contributed by atoms with Crippen LogP contribution in [0.25, 0.3) is 0 Å². The number of nitrogens with one attached hydrogen (secondary N) is 1. The van der Waals surface area contributed by atoms with Crippen LogP contribution < -0.4 is 5.32 Å². The molecule has 2 aliphatic rings. The highest BCUT2D eigenvalue weighted by Crippen LogP contribution is 2.29. The molecule has 1 amide bonds. The zero-order valence-electron chi connectivity index (χ0n) is 12.2. The van der Waals surface area contributed by atoms with Gasteiger partial charge in [0.1, 0.15) is 0 Å². The minimum atomic E-state index is -0.106. The summed E-state index contributed by atoms with van der Waals surface area (Å²) in [5.41, 5.74) is 0.174. The first-order valence-corrected chi connectivity index (χ1v) is 7.41. The molecule has 110 valence electrons. The summed E-state index contributed by atoms with van der Waals surface area (Å²) in [4.78, 5) is 18.6. The van der Waals surface area contributed by atoms with Gasteiger partial charge >= 0.3 is 0 Å². The van der Waals surface area contributed by atoms with Gasteiger partial charge in [-0.15, -0.1) is 0 Å². The molecular weight excluding hydrogens is 256 g/mol. The fourth-order valence-corrected chi connectivity index (χ4v) is 3.10. The first kappa shape index (κ1) is 13.5. The predicted molar refractivity (Wildman–Crippen MR) is 73.2 cm³/mol. The highest BCUT2D eigenvalue weighted by Gasteiger charge is 2.32. The topological polar surface area (TPSA) is 71.3 Å². The number of hydrogen-bond donors (Lipinski definition) is 1. The molecule has 0 saturated carbocycles. The Hall–Kier alpha value is -1.43. The van der Waals surface area contributed by atoms with Crippen molar-refractivity contribution in [1.29, 1.82) is 0 Å². The van der Waals surface area contributed by atoms with E-state index in [9.17, 15) is 4.79 Å². The molecule has 0 aliphatic carbocycles. The Morgan fingerprint density at radius 1 is 1.45 bits per heavy atom. The molecule has 3 heterocycles. The summed E-state index contributed by atoms with van der Waals surface area (Å²) in [6.45, 7) is 6.90. The Morgan fingerprint density at radius 3 is 3.00 bits per heavy atom. The normalized spacial score (nSPS) is 25.9. The smallest absolute Gasteiger partial charge is 0.295 e. The van der Waals surface area contributed by atoms with Crippen LogP contribution >= 0.6 is 0 Å². The lowest BCUT2D eigenvalue weighted by molar-refractivity contribution is 0.0568. The van der Waals surface area contributed by atoms with Crippen molar-refractivity contribution in [2.24, 2.45) is 5.41 Å². The first-order chi connectivity index (χ1) is 9.55. The molecule has 0 radical (unpaired) electrons. The summed E-state index contributed by atoms with van der Waals surface area (Å²) >= 11 is 0. The van der Waals surface area contributed by atoms with Crippen molar-refractivity contribution < 1.29 is 9.32 Å². The van der Waals surface area contributed by atoms with Crippen LogP contribution in [0.1, 0.15) is 62.1 Å². The Bertz CT molecular complexity index is 491. The molecule has 2 fully saturated rings. The Balaban J connectivity index is 1.70. The number of likely N-dealkylation sites (tertiary alicyclic amines) is 1. The third kappa shape index (κ3) is 2.70. The zero-order chi connectivity index (χ0) is 14.2. The van der Waals surface area contributed by atoms with Gasteiger partial charge in [0.05, 0.1) is 6.04 Å². The lowest BCUT2D eigenvalue weighted by Crippen LogP contribution is -2.43. The van der Waals surface area contributed by atoms with E-state index in [4.69, 9.17) is 4.52 Å². The third-order valence-corrected chi connectivity index (χ3v) is 4.18. The van der Waals surface area contributed by atoms with E-state index in [0.29, 0.717) is 5.89 Å². The van der Waals surface area contributed by atoms with Crippen LogP contribution in [0.2, 0.25) is 0 Å². The third-order valence-electron chi connectivity index (χ3n) is 4.18. The van der Waals surface area contributed by atoms with Crippen LogP contribution in [-0.2, 0) is 0 Å². The maximum atomic E-state index is 12.4. The molecule has 0 aromatic carbocycles. The van der Waals surface area contributed by atoms with Crippen LogP contribution in [0, 0.1) is 5.41 Å². The van der Waals surface area contributed by atoms with E-state index in [0.717, 1.165) is 45.3 Å². The second-order valence-electron chi connectivity index (χ2n) is 6.60. The van der Waals surface area contributed by atoms with E-state index in [-0.39, 0.29) is 23.2 Å². The summed E-state index contributed by atoms with van der Waals surface area (Å²) in [5, 5.41) is 7.16. The highest BCUT2D eigenvalue weighted by molar-refractivity contribution is 5.90. The van der Waals surface area contributed by atoms with Crippen molar-refractivity contribution in [3.63, 3.8) is 0 Å². The maximum absolute atomic E-state index is 12.4. The van der Waals surface area contributed by atoms with Crippen molar-refractivity contribution in [2.45, 2.75) is 45.6 Å². The number of nitrogens with zero attached hydrogens (tertiary/aromatic N) is 3. The molecule has 1 N–H and O–H groups in total. The van der Waals surface area contributed by atoms with Crippen LogP contribution in [0.3, 0.4) is 0 Å². The van der Waals surface area contributed by atoms with E-state index < -0.39 is 0 Å². The first-order valence-electron chi connectivity index (χ1n) is 7.41. The molecule has 1 aromatic heterocycles. The minimum absolute atomic E-state index is 0.106. The molecule has 20 heavy (non-hydrogen) atoms. The zero-order valence-corrected chi connectivity index (χ0v) is 12.2. The van der Waals surface area contributed by atoms with E-state index in [1.807, 2.05) is 4.90 Å². The summed E-state index contributed by atoms with van der Waals surface area (Å²) in [6, 6.07) is 0.113. The number of rotatable bonds is 2. The molecule has 6 heteroatoms.